The molecule has 0 saturated carbocycles. The van der Waals surface area contributed by atoms with Crippen LogP contribution in [0.3, 0.4) is 0 Å². The predicted molar refractivity (Wildman–Crippen MR) is 130 cm³/mol. The number of benzene rings is 2. The van der Waals surface area contributed by atoms with E-state index in [0.717, 1.165) is 27.7 Å². The molecule has 0 aliphatic heterocycles. The first-order valence-corrected chi connectivity index (χ1v) is 11.0. The van der Waals surface area contributed by atoms with Gasteiger partial charge in [0.1, 0.15) is 11.5 Å². The quantitative estimate of drug-likeness (QED) is 0.404. The van der Waals surface area contributed by atoms with Crippen LogP contribution in [0.2, 0.25) is 0 Å². The zero-order valence-electron chi connectivity index (χ0n) is 18.7. The largest absolute Gasteiger partial charge is 0.497 e. The average molecular weight is 462 g/mol. The average Bonchev–Trinajstić information content (AvgIpc) is 3.33. The Kier molecular flexibility index (Phi) is 6.50. The van der Waals surface area contributed by atoms with Gasteiger partial charge in [0.05, 0.1) is 36.9 Å². The Morgan fingerprint density at radius 2 is 1.76 bits per heavy atom. The predicted octanol–water partition coefficient (Wildman–Crippen LogP) is 4.89. The molecule has 168 valence electrons. The standard InChI is InChI=1S/C24H23N5O3S/c1-14-18(12-26-22(27-14)15-5-8-17(31-3)9-6-15)23(30)28-19-11-16(7-10-21(19)32-4)20-13-33-24(25-2)29-20/h5-13H,1-4H3,(H,25,29)(H,28,30). The van der Waals surface area contributed by atoms with Gasteiger partial charge in [0.2, 0.25) is 0 Å². The summed E-state index contributed by atoms with van der Waals surface area (Å²) in [5.41, 5.74) is 4.01. The third-order valence-corrected chi connectivity index (χ3v) is 5.89. The van der Waals surface area contributed by atoms with Gasteiger partial charge in [-0.3, -0.25) is 4.79 Å². The Balaban J connectivity index is 1.58. The van der Waals surface area contributed by atoms with E-state index in [1.807, 2.05) is 48.8 Å². The van der Waals surface area contributed by atoms with Crippen LogP contribution in [0.4, 0.5) is 10.8 Å². The van der Waals surface area contributed by atoms with Gasteiger partial charge in [-0.05, 0) is 49.4 Å². The summed E-state index contributed by atoms with van der Waals surface area (Å²) in [4.78, 5) is 26.5. The number of aromatic nitrogens is 3. The van der Waals surface area contributed by atoms with Crippen LogP contribution >= 0.6 is 11.3 Å². The van der Waals surface area contributed by atoms with Crippen molar-refractivity contribution in [3.63, 3.8) is 0 Å². The maximum atomic E-state index is 13.0. The van der Waals surface area contributed by atoms with Crippen LogP contribution in [0.1, 0.15) is 16.1 Å². The van der Waals surface area contributed by atoms with Crippen LogP contribution < -0.4 is 20.1 Å². The van der Waals surface area contributed by atoms with Gasteiger partial charge < -0.3 is 20.1 Å². The second kappa shape index (κ2) is 9.66. The van der Waals surface area contributed by atoms with Crippen molar-refractivity contribution in [1.29, 1.82) is 0 Å². The lowest BCUT2D eigenvalue weighted by atomic mass is 10.1. The highest BCUT2D eigenvalue weighted by Gasteiger charge is 2.16. The number of amides is 1. The molecule has 4 aromatic rings. The fourth-order valence-electron chi connectivity index (χ4n) is 3.24. The van der Waals surface area contributed by atoms with Gasteiger partial charge in [-0.15, -0.1) is 11.3 Å². The number of rotatable bonds is 7. The molecule has 8 nitrogen and oxygen atoms in total. The summed E-state index contributed by atoms with van der Waals surface area (Å²) in [5.74, 6) is 1.51. The van der Waals surface area contributed by atoms with E-state index in [4.69, 9.17) is 9.47 Å². The molecule has 0 aliphatic carbocycles. The summed E-state index contributed by atoms with van der Waals surface area (Å²) >= 11 is 1.51. The number of hydrogen-bond donors (Lipinski definition) is 2. The molecule has 0 radical (unpaired) electrons. The molecule has 0 bridgehead atoms. The topological polar surface area (TPSA) is 98.3 Å². The van der Waals surface area contributed by atoms with E-state index >= 15 is 0 Å². The van der Waals surface area contributed by atoms with E-state index in [-0.39, 0.29) is 5.91 Å². The van der Waals surface area contributed by atoms with E-state index in [0.29, 0.717) is 28.5 Å². The van der Waals surface area contributed by atoms with E-state index in [2.05, 4.69) is 25.6 Å². The van der Waals surface area contributed by atoms with E-state index in [1.165, 1.54) is 17.5 Å². The van der Waals surface area contributed by atoms with Gasteiger partial charge in [0, 0.05) is 29.8 Å². The van der Waals surface area contributed by atoms with Crippen molar-refractivity contribution in [2.24, 2.45) is 0 Å². The van der Waals surface area contributed by atoms with Crippen LogP contribution in [0.15, 0.2) is 54.0 Å². The third-order valence-electron chi connectivity index (χ3n) is 5.03. The minimum Gasteiger partial charge on any atom is -0.497 e. The highest BCUT2D eigenvalue weighted by molar-refractivity contribution is 7.14. The smallest absolute Gasteiger partial charge is 0.259 e. The summed E-state index contributed by atoms with van der Waals surface area (Å²) < 4.78 is 10.6. The normalized spacial score (nSPS) is 10.5. The molecule has 1 amide bonds. The fraction of sp³-hybridized carbons (Fsp3) is 0.167. The van der Waals surface area contributed by atoms with E-state index in [9.17, 15) is 4.79 Å². The number of carbonyl (C=O) groups is 1. The molecule has 0 unspecified atom stereocenters. The highest BCUT2D eigenvalue weighted by Crippen LogP contribution is 2.32. The zero-order chi connectivity index (χ0) is 23.4. The summed E-state index contributed by atoms with van der Waals surface area (Å²) in [6.07, 6.45) is 1.53. The molecule has 2 aromatic heterocycles. The minimum absolute atomic E-state index is 0.321. The molecule has 0 aliphatic rings. The maximum absolute atomic E-state index is 13.0. The first kappa shape index (κ1) is 22.2. The third kappa shape index (κ3) is 4.78. The van der Waals surface area contributed by atoms with Crippen molar-refractivity contribution in [1.82, 2.24) is 15.0 Å². The Bertz CT molecular complexity index is 1290. The highest BCUT2D eigenvalue weighted by atomic mass is 32.1. The number of thiazole rings is 1. The first-order valence-electron chi connectivity index (χ1n) is 10.1. The molecule has 9 heteroatoms. The van der Waals surface area contributed by atoms with Crippen molar-refractivity contribution in [3.05, 3.63) is 65.3 Å². The lowest BCUT2D eigenvalue weighted by molar-refractivity contribution is 0.102. The molecule has 4 rings (SSSR count). The number of hydrogen-bond acceptors (Lipinski definition) is 8. The maximum Gasteiger partial charge on any atom is 0.259 e. The lowest BCUT2D eigenvalue weighted by Gasteiger charge is -2.13. The number of nitrogens with one attached hydrogen (secondary N) is 2. The zero-order valence-corrected chi connectivity index (χ0v) is 19.5. The molecule has 0 saturated heterocycles. The van der Waals surface area contributed by atoms with Crippen molar-refractivity contribution in [2.75, 3.05) is 31.9 Å². The van der Waals surface area contributed by atoms with Crippen LogP contribution in [0.25, 0.3) is 22.6 Å². The molecule has 2 aromatic carbocycles. The van der Waals surface area contributed by atoms with Crippen molar-refractivity contribution >= 4 is 28.1 Å². The van der Waals surface area contributed by atoms with Gasteiger partial charge in [-0.2, -0.15) is 0 Å². The Morgan fingerprint density at radius 1 is 1.00 bits per heavy atom. The van der Waals surface area contributed by atoms with Crippen LogP contribution in [-0.2, 0) is 0 Å². The number of ether oxygens (including phenoxy) is 2. The number of nitrogens with zero attached hydrogens (tertiary/aromatic N) is 3. The lowest BCUT2D eigenvalue weighted by Crippen LogP contribution is -2.15. The second-order valence-corrected chi connectivity index (χ2v) is 7.94. The molecule has 0 spiro atoms. The minimum atomic E-state index is -0.321. The molecular formula is C24H23N5O3S. The molecule has 33 heavy (non-hydrogen) atoms. The second-order valence-electron chi connectivity index (χ2n) is 7.08. The SMILES string of the molecule is CNc1nc(-c2ccc(OC)c(NC(=O)c3cnc(-c4ccc(OC)cc4)nc3C)c2)cs1. The van der Waals surface area contributed by atoms with Crippen LogP contribution in [-0.4, -0.2) is 42.1 Å². The monoisotopic (exact) mass is 461 g/mol. The summed E-state index contributed by atoms with van der Waals surface area (Å²) in [7, 11) is 5.00. The Morgan fingerprint density at radius 3 is 2.39 bits per heavy atom. The first-order chi connectivity index (χ1) is 16.0. The molecule has 2 N–H and O–H groups in total. The Hall–Kier alpha value is -3.98. The number of methoxy groups -OCH3 is 2. The summed E-state index contributed by atoms with van der Waals surface area (Å²) in [5, 5.41) is 8.72. The Labute approximate surface area is 195 Å². The molecule has 0 fully saturated rings. The van der Waals surface area contributed by atoms with Crippen molar-refractivity contribution in [2.45, 2.75) is 6.92 Å². The number of carbonyl (C=O) groups excluding carboxylic acids is 1. The van der Waals surface area contributed by atoms with Crippen LogP contribution in [0, 0.1) is 6.92 Å². The molecule has 0 atom stereocenters. The van der Waals surface area contributed by atoms with Crippen LogP contribution in [0.5, 0.6) is 11.5 Å². The molecule has 2 heterocycles. The molecular weight excluding hydrogens is 438 g/mol. The number of anilines is 2. The van der Waals surface area contributed by atoms with Gasteiger partial charge in [0.25, 0.3) is 5.91 Å². The van der Waals surface area contributed by atoms with Gasteiger partial charge >= 0.3 is 0 Å². The fourth-order valence-corrected chi connectivity index (χ4v) is 3.93. The summed E-state index contributed by atoms with van der Waals surface area (Å²) in [6.45, 7) is 1.78. The van der Waals surface area contributed by atoms with Gasteiger partial charge in [-0.25, -0.2) is 15.0 Å². The van der Waals surface area contributed by atoms with Gasteiger partial charge in [-0.1, -0.05) is 0 Å². The summed E-state index contributed by atoms with van der Waals surface area (Å²) in [6, 6.07) is 13.0. The van der Waals surface area contributed by atoms with Crippen molar-refractivity contribution in [3.8, 4) is 34.1 Å². The van der Waals surface area contributed by atoms with E-state index < -0.39 is 0 Å². The number of aryl methyl sites for hydroxylation is 1. The van der Waals surface area contributed by atoms with Gasteiger partial charge in [0.15, 0.2) is 11.0 Å². The van der Waals surface area contributed by atoms with E-state index in [1.54, 1.807) is 27.2 Å². The van der Waals surface area contributed by atoms with Crippen molar-refractivity contribution < 1.29 is 14.3 Å².